The number of hydrogen-bond acceptors (Lipinski definition) is 6. The first kappa shape index (κ1) is 24.0. The molecule has 2 atom stereocenters. The Bertz CT molecular complexity index is 957. The minimum absolute atomic E-state index is 0.00310. The maximum absolute atomic E-state index is 13.4. The van der Waals surface area contributed by atoms with Gasteiger partial charge in [0, 0.05) is 38.3 Å². The van der Waals surface area contributed by atoms with Gasteiger partial charge in [-0.05, 0) is 48.4 Å². The average molecular weight is 468 g/mol. The summed E-state index contributed by atoms with van der Waals surface area (Å²) in [7, 11) is 3.23. The van der Waals surface area contributed by atoms with E-state index in [9.17, 15) is 9.59 Å². The molecule has 2 aromatic carbocycles. The van der Waals surface area contributed by atoms with Crippen LogP contribution in [0.4, 0.5) is 5.69 Å². The molecule has 2 fully saturated rings. The molecule has 0 radical (unpaired) electrons. The zero-order chi connectivity index (χ0) is 23.9. The summed E-state index contributed by atoms with van der Waals surface area (Å²) in [5.41, 5.74) is 1.65. The lowest BCUT2D eigenvalue weighted by Gasteiger charge is -2.41. The van der Waals surface area contributed by atoms with Gasteiger partial charge in [-0.25, -0.2) is 0 Å². The van der Waals surface area contributed by atoms with Gasteiger partial charge < -0.3 is 24.4 Å². The van der Waals surface area contributed by atoms with Crippen molar-refractivity contribution in [3.63, 3.8) is 0 Å². The Morgan fingerprint density at radius 3 is 2.24 bits per heavy atom. The molecule has 2 aliphatic rings. The number of ether oxygens (including phenoxy) is 3. The molecule has 182 valence electrons. The Balaban J connectivity index is 1.57. The number of piperidine rings is 1. The number of methoxy groups -OCH3 is 2. The predicted molar refractivity (Wildman–Crippen MR) is 129 cm³/mol. The van der Waals surface area contributed by atoms with Gasteiger partial charge in [-0.2, -0.15) is 0 Å². The summed E-state index contributed by atoms with van der Waals surface area (Å²) in [6.07, 6.45) is 0.825. The van der Waals surface area contributed by atoms with Crippen molar-refractivity contribution in [3.8, 4) is 11.5 Å². The van der Waals surface area contributed by atoms with Gasteiger partial charge in [0.1, 0.15) is 11.5 Å². The minimum atomic E-state index is -0.413. The molecule has 34 heavy (non-hydrogen) atoms. The Morgan fingerprint density at radius 1 is 1.00 bits per heavy atom. The highest BCUT2D eigenvalue weighted by Crippen LogP contribution is 2.40. The first-order chi connectivity index (χ1) is 16.6. The van der Waals surface area contributed by atoms with E-state index in [1.807, 2.05) is 48.5 Å². The molecule has 0 saturated carbocycles. The summed E-state index contributed by atoms with van der Waals surface area (Å²) in [6, 6.07) is 14.6. The van der Waals surface area contributed by atoms with Crippen molar-refractivity contribution in [2.24, 2.45) is 5.92 Å². The van der Waals surface area contributed by atoms with Crippen LogP contribution in [0.1, 0.15) is 24.4 Å². The third-order valence-electron chi connectivity index (χ3n) is 6.57. The number of amides is 2. The van der Waals surface area contributed by atoms with Crippen LogP contribution in [-0.2, 0) is 14.3 Å². The van der Waals surface area contributed by atoms with Crippen LogP contribution in [0.3, 0.4) is 0 Å². The topological polar surface area (TPSA) is 80.3 Å². The zero-order valence-corrected chi connectivity index (χ0v) is 19.9. The molecule has 0 aromatic heterocycles. The summed E-state index contributed by atoms with van der Waals surface area (Å²) in [5, 5.41) is 3.12. The Labute approximate surface area is 200 Å². The monoisotopic (exact) mass is 467 g/mol. The van der Waals surface area contributed by atoms with E-state index in [1.54, 1.807) is 19.1 Å². The highest BCUT2D eigenvalue weighted by molar-refractivity contribution is 5.97. The maximum Gasteiger partial charge on any atom is 0.227 e. The van der Waals surface area contributed by atoms with Crippen molar-refractivity contribution in [2.75, 3.05) is 58.5 Å². The van der Waals surface area contributed by atoms with Crippen LogP contribution in [0.25, 0.3) is 0 Å². The molecular formula is C26H33N3O5. The van der Waals surface area contributed by atoms with Gasteiger partial charge in [0.05, 0.1) is 39.4 Å². The van der Waals surface area contributed by atoms with Crippen molar-refractivity contribution in [1.82, 2.24) is 10.2 Å². The number of hydrogen-bond donors (Lipinski definition) is 1. The molecule has 0 bridgehead atoms. The fourth-order valence-electron chi connectivity index (χ4n) is 4.69. The van der Waals surface area contributed by atoms with Crippen LogP contribution in [-0.4, -0.2) is 70.3 Å². The van der Waals surface area contributed by atoms with E-state index in [-0.39, 0.29) is 17.7 Å². The van der Waals surface area contributed by atoms with Crippen molar-refractivity contribution in [2.45, 2.75) is 18.9 Å². The van der Waals surface area contributed by atoms with Crippen molar-refractivity contribution >= 4 is 17.5 Å². The maximum atomic E-state index is 13.4. The normalized spacial score (nSPS) is 21.2. The number of carbonyl (C=O) groups excluding carboxylic acids is 2. The van der Waals surface area contributed by atoms with Crippen LogP contribution in [0.15, 0.2) is 48.5 Å². The van der Waals surface area contributed by atoms with Crippen LogP contribution >= 0.6 is 0 Å². The molecule has 1 N–H and O–H groups in total. The van der Waals surface area contributed by atoms with E-state index < -0.39 is 6.04 Å². The first-order valence-corrected chi connectivity index (χ1v) is 11.8. The summed E-state index contributed by atoms with van der Waals surface area (Å²) in [6.45, 7) is 4.59. The molecule has 2 amide bonds. The first-order valence-electron chi connectivity index (χ1n) is 11.8. The smallest absolute Gasteiger partial charge is 0.227 e. The van der Waals surface area contributed by atoms with E-state index >= 15 is 0 Å². The van der Waals surface area contributed by atoms with Crippen LogP contribution < -0.4 is 19.7 Å². The van der Waals surface area contributed by atoms with Crippen LogP contribution in [0.5, 0.6) is 11.5 Å². The second-order valence-corrected chi connectivity index (χ2v) is 8.57. The second-order valence-electron chi connectivity index (χ2n) is 8.57. The fourth-order valence-corrected chi connectivity index (χ4v) is 4.69. The molecule has 2 unspecified atom stereocenters. The fraction of sp³-hybridized carbons (Fsp3) is 0.462. The average Bonchev–Trinajstić information content (AvgIpc) is 2.89. The number of morpholine rings is 1. The third kappa shape index (κ3) is 5.51. The Morgan fingerprint density at radius 2 is 1.62 bits per heavy atom. The Hall–Kier alpha value is -3.10. The molecule has 8 heteroatoms. The summed E-state index contributed by atoms with van der Waals surface area (Å²) < 4.78 is 16.0. The van der Waals surface area contributed by atoms with Gasteiger partial charge in [0.15, 0.2) is 0 Å². The number of carbonyl (C=O) groups is 2. The number of anilines is 1. The van der Waals surface area contributed by atoms with Crippen LogP contribution in [0.2, 0.25) is 0 Å². The predicted octanol–water partition coefficient (Wildman–Crippen LogP) is 2.64. The molecule has 8 nitrogen and oxygen atoms in total. The molecule has 2 heterocycles. The number of nitrogens with one attached hydrogen (secondary N) is 1. The molecule has 0 aliphatic carbocycles. The molecule has 2 saturated heterocycles. The SMILES string of the molecule is COc1ccc(C2C(C(=O)NCCN3CCOCC3)CCC(=O)N2c2ccc(OC)cc2)cc1. The van der Waals surface area contributed by atoms with Crippen molar-refractivity contribution in [1.29, 1.82) is 0 Å². The molecule has 2 aromatic rings. The van der Waals surface area contributed by atoms with E-state index in [1.165, 1.54) is 0 Å². The number of benzene rings is 2. The lowest BCUT2D eigenvalue weighted by Crippen LogP contribution is -2.49. The van der Waals surface area contributed by atoms with Gasteiger partial charge in [-0.15, -0.1) is 0 Å². The summed E-state index contributed by atoms with van der Waals surface area (Å²) in [4.78, 5) is 30.6. The quantitative estimate of drug-likeness (QED) is 0.643. The molecule has 4 rings (SSSR count). The van der Waals surface area contributed by atoms with Crippen molar-refractivity contribution in [3.05, 3.63) is 54.1 Å². The molecule has 0 spiro atoms. The number of nitrogens with zero attached hydrogens (tertiary/aromatic N) is 2. The van der Waals surface area contributed by atoms with Gasteiger partial charge >= 0.3 is 0 Å². The minimum Gasteiger partial charge on any atom is -0.497 e. The largest absolute Gasteiger partial charge is 0.497 e. The van der Waals surface area contributed by atoms with E-state index in [0.717, 1.165) is 49.8 Å². The number of rotatable bonds is 8. The zero-order valence-electron chi connectivity index (χ0n) is 19.9. The Kier molecular flexibility index (Phi) is 8.03. The van der Waals surface area contributed by atoms with Crippen LogP contribution in [0, 0.1) is 5.92 Å². The van der Waals surface area contributed by atoms with Crippen molar-refractivity contribution < 1.29 is 23.8 Å². The molecular weight excluding hydrogens is 434 g/mol. The van der Waals surface area contributed by atoms with Gasteiger partial charge in [0.2, 0.25) is 11.8 Å². The lowest BCUT2D eigenvalue weighted by atomic mass is 9.83. The second kappa shape index (κ2) is 11.4. The molecule has 2 aliphatic heterocycles. The van der Waals surface area contributed by atoms with Gasteiger partial charge in [-0.3, -0.25) is 14.5 Å². The highest BCUT2D eigenvalue weighted by Gasteiger charge is 2.41. The van der Waals surface area contributed by atoms with Gasteiger partial charge in [0.25, 0.3) is 0 Å². The summed E-state index contributed by atoms with van der Waals surface area (Å²) >= 11 is 0. The highest BCUT2D eigenvalue weighted by atomic mass is 16.5. The standard InChI is InChI=1S/C26H33N3O5/c1-32-21-7-3-19(4-8-21)25-23(26(31)27-13-14-28-15-17-34-18-16-28)11-12-24(30)29(25)20-5-9-22(33-2)10-6-20/h3-10,23,25H,11-18H2,1-2H3,(H,27,31). The lowest BCUT2D eigenvalue weighted by molar-refractivity contribution is -0.129. The van der Waals surface area contributed by atoms with Gasteiger partial charge in [-0.1, -0.05) is 12.1 Å². The van der Waals surface area contributed by atoms with E-state index in [0.29, 0.717) is 25.1 Å². The van der Waals surface area contributed by atoms with E-state index in [4.69, 9.17) is 14.2 Å². The summed E-state index contributed by atoms with van der Waals surface area (Å²) in [5.74, 6) is 1.06. The third-order valence-corrected chi connectivity index (χ3v) is 6.57. The van der Waals surface area contributed by atoms with E-state index in [2.05, 4.69) is 10.2 Å².